The summed E-state index contributed by atoms with van der Waals surface area (Å²) in [5, 5.41) is 7.40. The van der Waals surface area contributed by atoms with Crippen molar-refractivity contribution in [1.82, 2.24) is 9.78 Å². The molecule has 1 heterocycles. The van der Waals surface area contributed by atoms with Gasteiger partial charge in [0, 0.05) is 19.7 Å². The summed E-state index contributed by atoms with van der Waals surface area (Å²) in [6.07, 6.45) is 4.93. The number of nitrogens with two attached hydrogens (primary N) is 1. The van der Waals surface area contributed by atoms with Crippen LogP contribution in [0.1, 0.15) is 36.4 Å². The number of nitrogens with one attached hydrogen (secondary N) is 1. The van der Waals surface area contributed by atoms with E-state index in [1.54, 1.807) is 13.3 Å². The lowest BCUT2D eigenvalue weighted by Crippen LogP contribution is -2.29. The van der Waals surface area contributed by atoms with Gasteiger partial charge in [0.05, 0.1) is 24.8 Å². The Morgan fingerprint density at radius 3 is 2.88 bits per heavy atom. The second-order valence-electron chi connectivity index (χ2n) is 6.11. The van der Waals surface area contributed by atoms with Gasteiger partial charge in [-0.1, -0.05) is 24.3 Å². The van der Waals surface area contributed by atoms with Gasteiger partial charge < -0.3 is 15.8 Å². The first-order valence-corrected chi connectivity index (χ1v) is 8.37. The van der Waals surface area contributed by atoms with Crippen LogP contribution in [0.3, 0.4) is 0 Å². The number of benzene rings is 1. The standard InChI is InChI=1S/C18H24N4O2.2ClH/c1-24-14(12-19)11-18(23)21-17-9-10-20-22(17)16-8-4-6-13-5-2-3-7-15(13)16;;/h2-3,5,7,9-10,14,16H,4,6,8,11-12,19H2,1H3,(H,21,23);2*1H. The molecule has 144 valence electrons. The number of carbonyl (C=O) groups is 1. The number of aromatic nitrogens is 2. The molecule has 3 N–H and O–H groups in total. The molecule has 0 fully saturated rings. The highest BCUT2D eigenvalue weighted by atomic mass is 35.5. The predicted molar refractivity (Wildman–Crippen MR) is 107 cm³/mol. The molecule has 1 aromatic heterocycles. The number of aryl methyl sites for hydroxylation is 1. The van der Waals surface area contributed by atoms with E-state index >= 15 is 0 Å². The van der Waals surface area contributed by atoms with Crippen molar-refractivity contribution in [3.63, 3.8) is 0 Å². The highest BCUT2D eigenvalue weighted by molar-refractivity contribution is 5.90. The minimum absolute atomic E-state index is 0. The molecule has 1 aromatic carbocycles. The van der Waals surface area contributed by atoms with Crippen molar-refractivity contribution in [2.45, 2.75) is 37.8 Å². The topological polar surface area (TPSA) is 82.2 Å². The largest absolute Gasteiger partial charge is 0.380 e. The van der Waals surface area contributed by atoms with Crippen molar-refractivity contribution in [3.8, 4) is 0 Å². The maximum Gasteiger partial charge on any atom is 0.228 e. The van der Waals surface area contributed by atoms with Crippen LogP contribution < -0.4 is 11.1 Å². The SMILES string of the molecule is COC(CN)CC(=O)Nc1ccnn1C1CCCc2ccccc21.Cl.Cl. The third-order valence-electron chi connectivity index (χ3n) is 4.58. The van der Waals surface area contributed by atoms with E-state index < -0.39 is 0 Å². The predicted octanol–water partition coefficient (Wildman–Crippen LogP) is 2.95. The molecular weight excluding hydrogens is 375 g/mol. The molecule has 2 aromatic rings. The quantitative estimate of drug-likeness (QED) is 0.780. The average molecular weight is 401 g/mol. The number of anilines is 1. The molecular formula is C18H26Cl2N4O2. The molecule has 0 radical (unpaired) electrons. The summed E-state index contributed by atoms with van der Waals surface area (Å²) >= 11 is 0. The molecule has 0 saturated heterocycles. The van der Waals surface area contributed by atoms with Crippen molar-refractivity contribution in [2.75, 3.05) is 19.0 Å². The van der Waals surface area contributed by atoms with Gasteiger partial charge in [-0.15, -0.1) is 24.8 Å². The third kappa shape index (κ3) is 4.98. The number of halogens is 2. The van der Waals surface area contributed by atoms with Gasteiger partial charge in [0.15, 0.2) is 0 Å². The second-order valence-corrected chi connectivity index (χ2v) is 6.11. The number of ether oxygens (including phenoxy) is 1. The summed E-state index contributed by atoms with van der Waals surface area (Å²) in [7, 11) is 1.56. The van der Waals surface area contributed by atoms with Crippen LogP contribution in [0.5, 0.6) is 0 Å². The summed E-state index contributed by atoms with van der Waals surface area (Å²) in [4.78, 5) is 12.2. The van der Waals surface area contributed by atoms with Crippen LogP contribution in [0.4, 0.5) is 5.82 Å². The molecule has 0 bridgehead atoms. The van der Waals surface area contributed by atoms with Gasteiger partial charge in [0.25, 0.3) is 0 Å². The number of carbonyl (C=O) groups excluding carboxylic acids is 1. The zero-order chi connectivity index (χ0) is 16.9. The lowest BCUT2D eigenvalue weighted by atomic mass is 9.88. The first-order chi connectivity index (χ1) is 11.7. The Bertz CT molecular complexity index is 704. The molecule has 0 saturated carbocycles. The van der Waals surface area contributed by atoms with E-state index in [-0.39, 0.29) is 49.3 Å². The Labute approximate surface area is 166 Å². The summed E-state index contributed by atoms with van der Waals surface area (Å²) in [6.45, 7) is 0.319. The van der Waals surface area contributed by atoms with Crippen molar-refractivity contribution in [1.29, 1.82) is 0 Å². The monoisotopic (exact) mass is 400 g/mol. The summed E-state index contributed by atoms with van der Waals surface area (Å²) in [5.41, 5.74) is 8.24. The normalized spacial score (nSPS) is 16.6. The van der Waals surface area contributed by atoms with Crippen LogP contribution in [0, 0.1) is 0 Å². The van der Waals surface area contributed by atoms with Crippen molar-refractivity contribution in [2.24, 2.45) is 5.73 Å². The maximum atomic E-state index is 12.2. The van der Waals surface area contributed by atoms with E-state index in [0.717, 1.165) is 19.3 Å². The molecule has 2 unspecified atom stereocenters. The van der Waals surface area contributed by atoms with E-state index in [0.29, 0.717) is 12.4 Å². The number of amides is 1. The third-order valence-corrected chi connectivity index (χ3v) is 4.58. The Balaban J connectivity index is 0.00000169. The number of hydrogen-bond donors (Lipinski definition) is 2. The molecule has 1 aliphatic carbocycles. The molecule has 26 heavy (non-hydrogen) atoms. The molecule has 0 aliphatic heterocycles. The van der Waals surface area contributed by atoms with Gasteiger partial charge in [0.2, 0.25) is 5.91 Å². The first kappa shape index (κ1) is 22.4. The van der Waals surface area contributed by atoms with E-state index in [2.05, 4.69) is 34.7 Å². The van der Waals surface area contributed by atoms with Gasteiger partial charge >= 0.3 is 0 Å². The summed E-state index contributed by atoms with van der Waals surface area (Å²) in [6, 6.07) is 10.5. The number of hydrogen-bond acceptors (Lipinski definition) is 4. The van der Waals surface area contributed by atoms with Crippen molar-refractivity contribution >= 4 is 36.5 Å². The van der Waals surface area contributed by atoms with Crippen LogP contribution >= 0.6 is 24.8 Å². The van der Waals surface area contributed by atoms with Crippen LogP contribution in [0.15, 0.2) is 36.5 Å². The zero-order valence-electron chi connectivity index (χ0n) is 14.8. The van der Waals surface area contributed by atoms with Gasteiger partial charge in [-0.25, -0.2) is 4.68 Å². The maximum absolute atomic E-state index is 12.2. The van der Waals surface area contributed by atoms with E-state index in [1.165, 1.54) is 11.1 Å². The highest BCUT2D eigenvalue weighted by Gasteiger charge is 2.24. The highest BCUT2D eigenvalue weighted by Crippen LogP contribution is 2.34. The fourth-order valence-electron chi connectivity index (χ4n) is 3.31. The molecule has 8 heteroatoms. The van der Waals surface area contributed by atoms with E-state index in [1.807, 2.05) is 10.7 Å². The molecule has 1 aliphatic rings. The Hall–Kier alpha value is -1.60. The average Bonchev–Trinajstić information content (AvgIpc) is 3.07. The van der Waals surface area contributed by atoms with E-state index in [9.17, 15) is 4.79 Å². The van der Waals surface area contributed by atoms with E-state index in [4.69, 9.17) is 10.5 Å². The Morgan fingerprint density at radius 2 is 2.15 bits per heavy atom. The minimum Gasteiger partial charge on any atom is -0.380 e. The summed E-state index contributed by atoms with van der Waals surface area (Å²) < 4.78 is 7.09. The number of nitrogens with zero attached hydrogens (tertiary/aromatic N) is 2. The number of rotatable bonds is 6. The molecule has 0 spiro atoms. The Kier molecular flexibility index (Phi) is 9.08. The van der Waals surface area contributed by atoms with Gasteiger partial charge in [-0.2, -0.15) is 5.10 Å². The number of methoxy groups -OCH3 is 1. The summed E-state index contributed by atoms with van der Waals surface area (Å²) in [5.74, 6) is 0.603. The number of fused-ring (bicyclic) bond motifs is 1. The van der Waals surface area contributed by atoms with Gasteiger partial charge in [-0.3, -0.25) is 4.79 Å². The van der Waals surface area contributed by atoms with Gasteiger partial charge in [0.1, 0.15) is 5.82 Å². The lowest BCUT2D eigenvalue weighted by Gasteiger charge is -2.27. The first-order valence-electron chi connectivity index (χ1n) is 8.37. The van der Waals surface area contributed by atoms with Crippen LogP contribution in [0.2, 0.25) is 0 Å². The minimum atomic E-state index is -0.267. The molecule has 1 amide bonds. The Morgan fingerprint density at radius 1 is 1.38 bits per heavy atom. The van der Waals surface area contributed by atoms with Crippen molar-refractivity contribution < 1.29 is 9.53 Å². The molecule has 3 rings (SSSR count). The van der Waals surface area contributed by atoms with Crippen LogP contribution in [-0.4, -0.2) is 35.4 Å². The zero-order valence-corrected chi connectivity index (χ0v) is 16.4. The fraction of sp³-hybridized carbons (Fsp3) is 0.444. The second kappa shape index (κ2) is 10.5. The molecule has 6 nitrogen and oxygen atoms in total. The smallest absolute Gasteiger partial charge is 0.228 e. The van der Waals surface area contributed by atoms with Crippen LogP contribution in [0.25, 0.3) is 0 Å². The molecule has 2 atom stereocenters. The lowest BCUT2D eigenvalue weighted by molar-refractivity contribution is -0.118. The van der Waals surface area contributed by atoms with Crippen LogP contribution in [-0.2, 0) is 16.0 Å². The fourth-order valence-corrected chi connectivity index (χ4v) is 3.31. The van der Waals surface area contributed by atoms with Crippen molar-refractivity contribution in [3.05, 3.63) is 47.7 Å². The van der Waals surface area contributed by atoms with Gasteiger partial charge in [-0.05, 0) is 30.4 Å².